The van der Waals surface area contributed by atoms with E-state index in [-0.39, 0.29) is 34.4 Å². The first-order valence-corrected chi connectivity index (χ1v) is 22.8. The number of H-pyrrole nitrogens is 1. The maximum Gasteiger partial charge on any atom is 0.423 e. The molecular formula is C45H41BrF12N9O12+. The Labute approximate surface area is 443 Å². The number of nitrogens with one attached hydrogen (secondary N) is 1. The van der Waals surface area contributed by atoms with Crippen molar-refractivity contribution >= 4 is 62.8 Å². The molecule has 79 heavy (non-hydrogen) atoms. The number of β-amino-alcohol motifs (C(OH)–C–C–N with tert-alkyl or cyclic N) is 1. The van der Waals surface area contributed by atoms with Crippen molar-refractivity contribution in [2.75, 3.05) is 11.9 Å². The van der Waals surface area contributed by atoms with Crippen LogP contribution in [0.4, 0.5) is 69.7 Å². The minimum absolute atomic E-state index is 0.0563. The predicted octanol–water partition coefficient (Wildman–Crippen LogP) is 7.83. The molecule has 5 aromatic rings. The van der Waals surface area contributed by atoms with E-state index in [9.17, 15) is 113 Å². The van der Waals surface area contributed by atoms with Crippen molar-refractivity contribution in [2.45, 2.75) is 88.1 Å². The number of aliphatic hydroxyl groups is 3. The molecule has 3 aromatic carbocycles. The Bertz CT molecular complexity index is 3090. The Morgan fingerprint density at radius 3 is 1.33 bits per heavy atom. The van der Waals surface area contributed by atoms with Gasteiger partial charge in [-0.15, -0.1) is 0 Å². The average molecular weight is 1210 g/mol. The fourth-order valence-electron chi connectivity index (χ4n) is 6.39. The lowest BCUT2D eigenvalue weighted by Crippen LogP contribution is -2.43. The molecule has 1 aliphatic heterocycles. The van der Waals surface area contributed by atoms with Gasteiger partial charge in [0.15, 0.2) is 34.6 Å². The van der Waals surface area contributed by atoms with Crippen LogP contribution in [-0.2, 0) is 58.7 Å². The fraction of sp³-hybridized carbons (Fsp3) is 0.356. The Balaban J connectivity index is 0.000000296. The molecule has 1 aliphatic rings. The number of Topliss-reactive ketones (excluding diaryl/α,β-unsaturated/α-hetero) is 3. The van der Waals surface area contributed by atoms with Crippen molar-refractivity contribution in [3.05, 3.63) is 155 Å². The second kappa shape index (κ2) is 26.2. The van der Waals surface area contributed by atoms with Gasteiger partial charge >= 0.3 is 18.5 Å². The van der Waals surface area contributed by atoms with Gasteiger partial charge in [-0.3, -0.25) is 54.5 Å². The minimum Gasteiger partial charge on any atom is -0.381 e. The number of rotatable bonds is 17. The first kappa shape index (κ1) is 65.4. The maximum atomic E-state index is 13.0. The summed E-state index contributed by atoms with van der Waals surface area (Å²) in [6.07, 6.45) is -11.9. The van der Waals surface area contributed by atoms with Gasteiger partial charge in [-0.05, 0) is 60.8 Å². The van der Waals surface area contributed by atoms with E-state index in [1.807, 2.05) is 0 Å². The molecule has 1 unspecified atom stereocenters. The highest BCUT2D eigenvalue weighted by molar-refractivity contribution is 9.09. The van der Waals surface area contributed by atoms with Crippen molar-refractivity contribution in [3.8, 4) is 0 Å². The zero-order valence-corrected chi connectivity index (χ0v) is 42.1. The number of nitro groups is 3. The summed E-state index contributed by atoms with van der Waals surface area (Å²) in [4.78, 5) is 64.8. The van der Waals surface area contributed by atoms with E-state index in [1.54, 1.807) is 0 Å². The van der Waals surface area contributed by atoms with Gasteiger partial charge in [0.2, 0.25) is 18.9 Å². The number of nitro benzene ring substituents is 3. The lowest BCUT2D eigenvalue weighted by Gasteiger charge is -2.22. The lowest BCUT2D eigenvalue weighted by molar-refractivity contribution is -0.539. The van der Waals surface area contributed by atoms with E-state index in [0.717, 1.165) is 72.4 Å². The van der Waals surface area contributed by atoms with E-state index in [1.165, 1.54) is 13.1 Å². The van der Waals surface area contributed by atoms with E-state index >= 15 is 0 Å². The number of hydrogen-bond acceptors (Lipinski definition) is 15. The number of aromatic amines is 1. The predicted molar refractivity (Wildman–Crippen MR) is 251 cm³/mol. The molecule has 3 heterocycles. The first-order valence-electron chi connectivity index (χ1n) is 21.7. The van der Waals surface area contributed by atoms with Gasteiger partial charge in [0.25, 0.3) is 17.1 Å². The maximum absolute atomic E-state index is 13.0. The Morgan fingerprint density at radius 1 is 0.658 bits per heavy atom. The molecule has 4 N–H and O–H groups in total. The number of carbonyl (C=O) groups excluding carboxylic acids is 3. The third kappa shape index (κ3) is 19.5. The molecule has 0 bridgehead atoms. The summed E-state index contributed by atoms with van der Waals surface area (Å²) in [6, 6.07) is 6.66. The quantitative estimate of drug-likeness (QED) is 0.0227. The van der Waals surface area contributed by atoms with Gasteiger partial charge in [0.05, 0.1) is 46.1 Å². The minimum atomic E-state index is -4.98. The molecule has 0 fully saturated rings. The number of ketones is 3. The second-order valence-corrected chi connectivity index (χ2v) is 17.9. The molecule has 0 radical (unpaired) electrons. The fourth-order valence-corrected chi connectivity index (χ4v) is 6.70. The molecule has 0 aliphatic carbocycles. The summed E-state index contributed by atoms with van der Waals surface area (Å²) in [7, 11) is 0. The molecule has 0 amide bonds. The van der Waals surface area contributed by atoms with Crippen LogP contribution in [0, 0.1) is 42.0 Å². The SMILES string of the molecule is C[C@](O)(CBr)C(=O)Cc1ccc([N+](=O)[O-])c(C(F)(F)F)c1.C[C@](O)(C[N+]1=CC(F)C=N1)C(=O)Cc1ccc([N+](=O)[O-])c(C(F)(F)F)c1.C[C@](O)(Cn1cc(F)cn1)C(=O)Cc1ccc([N+](=O)[O-])c(C(F)(F)F)c1.Fc1cn[nH]c1. The molecule has 6 rings (SSSR count). The molecule has 428 valence electrons. The Morgan fingerprint density at radius 2 is 1.05 bits per heavy atom. The average Bonchev–Trinajstić information content (AvgIpc) is 4.10. The van der Waals surface area contributed by atoms with E-state index in [2.05, 4.69) is 36.3 Å². The number of hydrogen-bond donors (Lipinski definition) is 4. The van der Waals surface area contributed by atoms with E-state index < -0.39 is 139 Å². The van der Waals surface area contributed by atoms with Crippen LogP contribution in [0.1, 0.15) is 54.2 Å². The number of hydrazone groups is 1. The normalized spacial score (nSPS) is 15.5. The summed E-state index contributed by atoms with van der Waals surface area (Å²) < 4.78 is 156. The highest BCUT2D eigenvalue weighted by Gasteiger charge is 2.43. The summed E-state index contributed by atoms with van der Waals surface area (Å²) in [5.74, 6) is -3.39. The third-order valence-corrected chi connectivity index (χ3v) is 11.6. The van der Waals surface area contributed by atoms with Crippen LogP contribution in [0.2, 0.25) is 0 Å². The smallest absolute Gasteiger partial charge is 0.381 e. The largest absolute Gasteiger partial charge is 0.423 e. The Kier molecular flexibility index (Phi) is 21.7. The first-order chi connectivity index (χ1) is 36.2. The van der Waals surface area contributed by atoms with Gasteiger partial charge in [-0.2, -0.15) is 49.7 Å². The van der Waals surface area contributed by atoms with Gasteiger partial charge in [-0.1, -0.05) is 38.8 Å². The van der Waals surface area contributed by atoms with Crippen molar-refractivity contribution in [3.63, 3.8) is 0 Å². The van der Waals surface area contributed by atoms with Crippen LogP contribution >= 0.6 is 15.9 Å². The summed E-state index contributed by atoms with van der Waals surface area (Å²) in [6.45, 7) is 2.67. The van der Waals surface area contributed by atoms with Gasteiger partial charge in [0, 0.05) is 42.8 Å². The van der Waals surface area contributed by atoms with Crippen LogP contribution in [-0.4, -0.2) is 119 Å². The number of alkyl halides is 11. The molecule has 0 saturated carbocycles. The van der Waals surface area contributed by atoms with Crippen molar-refractivity contribution in [1.82, 2.24) is 20.0 Å². The molecule has 21 nitrogen and oxygen atoms in total. The number of halogens is 13. The topological polar surface area (TPSA) is 303 Å². The number of benzene rings is 3. The summed E-state index contributed by atoms with van der Waals surface area (Å²) in [5, 5.41) is 74.9. The molecular weight excluding hydrogens is 1170 g/mol. The second-order valence-electron chi connectivity index (χ2n) is 17.3. The highest BCUT2D eigenvalue weighted by Crippen LogP contribution is 2.39. The number of carbonyl (C=O) groups is 3. The Hall–Kier alpha value is -7.85. The van der Waals surface area contributed by atoms with Crippen molar-refractivity contribution in [1.29, 1.82) is 0 Å². The summed E-state index contributed by atoms with van der Waals surface area (Å²) in [5.41, 5.74) is -13.8. The third-order valence-electron chi connectivity index (χ3n) is 10.5. The van der Waals surface area contributed by atoms with Crippen LogP contribution in [0.5, 0.6) is 0 Å². The lowest BCUT2D eigenvalue weighted by atomic mass is 9.94. The molecule has 0 saturated heterocycles. The zero-order chi connectivity index (χ0) is 60.2. The van der Waals surface area contributed by atoms with Crippen LogP contribution in [0.3, 0.4) is 0 Å². The van der Waals surface area contributed by atoms with Crippen LogP contribution in [0.25, 0.3) is 0 Å². The van der Waals surface area contributed by atoms with Crippen LogP contribution < -0.4 is 0 Å². The number of nitrogens with zero attached hydrogens (tertiary/aromatic N) is 8. The van der Waals surface area contributed by atoms with E-state index in [4.69, 9.17) is 0 Å². The van der Waals surface area contributed by atoms with Crippen LogP contribution in [0.15, 0.2) is 84.5 Å². The molecule has 34 heteroatoms. The van der Waals surface area contributed by atoms with E-state index in [0.29, 0.717) is 36.4 Å². The van der Waals surface area contributed by atoms with Gasteiger partial charge in [-0.25, -0.2) is 13.2 Å². The van der Waals surface area contributed by atoms with Gasteiger partial charge < -0.3 is 15.3 Å². The van der Waals surface area contributed by atoms with Crippen molar-refractivity contribution in [2.24, 2.45) is 5.10 Å². The molecule has 4 atom stereocenters. The highest BCUT2D eigenvalue weighted by atomic mass is 79.9. The summed E-state index contributed by atoms with van der Waals surface area (Å²) >= 11 is 2.92. The molecule has 2 aromatic heterocycles. The standard InChI is InChI=1S/C15H14F4N3O4.C15H13F4N3O4.C12H11BrF3NO4.C3H3FN2/c2*1-14(24,8-21-7-10(16)6-20-21)13(23)5-9-2-3-12(22(25)26)11(4-9)15(17,18)19;1-11(19,6-13)10(18)5-7-2-3-9(17(20)21)8(4-7)12(14,15)16;4-3-1-5-6-2-3/h2-4,6-7,10,24H,5,8H2,1H3;2-4,6-7,24H,5,8H2,1H3;2-4,19H,5-6H2,1H3;1-2H,(H,5,6)/q+1;;;/t10?,14-;14-;11-;/m000./s1. The monoisotopic (exact) mass is 1210 g/mol. The number of aromatic nitrogens is 4. The molecule has 0 spiro atoms. The zero-order valence-electron chi connectivity index (χ0n) is 40.5. The van der Waals surface area contributed by atoms with Gasteiger partial charge in [0.1, 0.15) is 34.1 Å². The van der Waals surface area contributed by atoms with Crippen molar-refractivity contribution < 1.29 is 102 Å².